The molecular weight excluding hydrogens is 236 g/mol. The molecule has 0 heterocycles. The van der Waals surface area contributed by atoms with Gasteiger partial charge in [0.25, 0.3) is 0 Å². The summed E-state index contributed by atoms with van der Waals surface area (Å²) in [5, 5.41) is 0. The van der Waals surface area contributed by atoms with Gasteiger partial charge in [-0.05, 0) is 43.5 Å². The van der Waals surface area contributed by atoms with E-state index in [1.165, 1.54) is 31.2 Å². The first-order valence-electron chi connectivity index (χ1n) is 7.28. The largest absolute Gasteiger partial charge is 0.414 e. The maximum atomic E-state index is 6.53. The standard InChI is InChI=1S/C16H26OSi/c1-14-9-7-8-12-16(14)17-18(2,3)13-15-10-5-4-6-11-15/h4-6,10-11,14,16H,7-9,12-13H2,1-3H3. The summed E-state index contributed by atoms with van der Waals surface area (Å²) in [6.45, 7) is 7.08. The molecule has 0 aromatic heterocycles. The Balaban J connectivity index is 1.94. The summed E-state index contributed by atoms with van der Waals surface area (Å²) in [5.41, 5.74) is 1.43. The highest BCUT2D eigenvalue weighted by Gasteiger charge is 2.31. The summed E-state index contributed by atoms with van der Waals surface area (Å²) in [7, 11) is -1.57. The van der Waals surface area contributed by atoms with Crippen molar-refractivity contribution in [1.82, 2.24) is 0 Å². The molecule has 1 saturated carbocycles. The number of rotatable bonds is 4. The van der Waals surface area contributed by atoms with Gasteiger partial charge in [0.2, 0.25) is 0 Å². The third-order valence-electron chi connectivity index (χ3n) is 3.98. The maximum absolute atomic E-state index is 6.53. The normalized spacial score (nSPS) is 25.1. The molecule has 1 aliphatic carbocycles. The molecule has 2 atom stereocenters. The molecule has 1 aromatic carbocycles. The molecule has 100 valence electrons. The van der Waals surface area contributed by atoms with Crippen LogP contribution < -0.4 is 0 Å². The molecule has 0 saturated heterocycles. The van der Waals surface area contributed by atoms with Crippen LogP contribution >= 0.6 is 0 Å². The molecule has 18 heavy (non-hydrogen) atoms. The molecule has 1 aliphatic rings. The number of hydrogen-bond donors (Lipinski definition) is 0. The summed E-state index contributed by atoms with van der Waals surface area (Å²) in [6.07, 6.45) is 5.88. The molecular formula is C16H26OSi. The Morgan fingerprint density at radius 1 is 1.11 bits per heavy atom. The molecule has 2 unspecified atom stereocenters. The number of hydrogen-bond acceptors (Lipinski definition) is 1. The van der Waals surface area contributed by atoms with Crippen LogP contribution in [0.1, 0.15) is 38.2 Å². The third kappa shape index (κ3) is 3.96. The van der Waals surface area contributed by atoms with Crippen LogP contribution in [0.4, 0.5) is 0 Å². The van der Waals surface area contributed by atoms with Gasteiger partial charge in [0, 0.05) is 6.10 Å². The van der Waals surface area contributed by atoms with Crippen molar-refractivity contribution in [3.63, 3.8) is 0 Å². The van der Waals surface area contributed by atoms with Crippen molar-refractivity contribution in [3.05, 3.63) is 35.9 Å². The minimum Gasteiger partial charge on any atom is -0.414 e. The summed E-state index contributed by atoms with van der Waals surface area (Å²) in [5.74, 6) is 0.751. The topological polar surface area (TPSA) is 9.23 Å². The Labute approximate surface area is 113 Å². The molecule has 1 nitrogen and oxygen atoms in total. The molecule has 1 aromatic rings. The highest BCUT2D eigenvalue weighted by Crippen LogP contribution is 2.29. The monoisotopic (exact) mass is 262 g/mol. The molecule has 0 aliphatic heterocycles. The zero-order valence-electron chi connectivity index (χ0n) is 12.0. The van der Waals surface area contributed by atoms with Gasteiger partial charge < -0.3 is 4.43 Å². The van der Waals surface area contributed by atoms with Crippen molar-refractivity contribution < 1.29 is 4.43 Å². The van der Waals surface area contributed by atoms with Crippen molar-refractivity contribution in [1.29, 1.82) is 0 Å². The highest BCUT2D eigenvalue weighted by molar-refractivity contribution is 6.70. The van der Waals surface area contributed by atoms with E-state index in [4.69, 9.17) is 4.43 Å². The zero-order valence-corrected chi connectivity index (χ0v) is 13.0. The second-order valence-corrected chi connectivity index (χ2v) is 10.4. The number of benzene rings is 1. The summed E-state index contributed by atoms with van der Waals surface area (Å²) in [4.78, 5) is 0. The average molecular weight is 262 g/mol. The van der Waals surface area contributed by atoms with Crippen LogP contribution in [0.3, 0.4) is 0 Å². The molecule has 0 amide bonds. The van der Waals surface area contributed by atoms with E-state index in [0.717, 1.165) is 12.0 Å². The van der Waals surface area contributed by atoms with Crippen molar-refractivity contribution in [2.24, 2.45) is 5.92 Å². The van der Waals surface area contributed by atoms with Crippen LogP contribution in [0.5, 0.6) is 0 Å². The van der Waals surface area contributed by atoms with Gasteiger partial charge in [-0.15, -0.1) is 0 Å². The summed E-state index contributed by atoms with van der Waals surface area (Å²) >= 11 is 0. The van der Waals surface area contributed by atoms with Crippen molar-refractivity contribution in [3.8, 4) is 0 Å². The Morgan fingerprint density at radius 2 is 1.78 bits per heavy atom. The van der Waals surface area contributed by atoms with Crippen LogP contribution in [0.25, 0.3) is 0 Å². The van der Waals surface area contributed by atoms with E-state index in [1.54, 1.807) is 0 Å². The second-order valence-electron chi connectivity index (χ2n) is 6.34. The lowest BCUT2D eigenvalue weighted by Crippen LogP contribution is -2.41. The molecule has 0 bridgehead atoms. The van der Waals surface area contributed by atoms with Crippen LogP contribution in [0, 0.1) is 5.92 Å². The zero-order chi connectivity index (χ0) is 13.0. The predicted molar refractivity (Wildman–Crippen MR) is 80.1 cm³/mol. The smallest absolute Gasteiger partial charge is 0.191 e. The quantitative estimate of drug-likeness (QED) is 0.722. The fourth-order valence-electron chi connectivity index (χ4n) is 3.00. The molecule has 1 fully saturated rings. The molecule has 0 radical (unpaired) electrons. The first-order chi connectivity index (χ1) is 8.57. The summed E-state index contributed by atoms with van der Waals surface area (Å²) < 4.78 is 6.53. The predicted octanol–water partition coefficient (Wildman–Crippen LogP) is 4.57. The van der Waals surface area contributed by atoms with E-state index in [1.807, 2.05) is 0 Å². The Kier molecular flexibility index (Phi) is 4.63. The van der Waals surface area contributed by atoms with E-state index in [2.05, 4.69) is 50.3 Å². The minimum atomic E-state index is -1.57. The highest BCUT2D eigenvalue weighted by atomic mass is 28.4. The average Bonchev–Trinajstić information content (AvgIpc) is 2.32. The second kappa shape index (κ2) is 6.03. The van der Waals surface area contributed by atoms with Gasteiger partial charge in [-0.2, -0.15) is 0 Å². The van der Waals surface area contributed by atoms with E-state index in [-0.39, 0.29) is 0 Å². The summed E-state index contributed by atoms with van der Waals surface area (Å²) in [6, 6.07) is 11.9. The molecule has 2 heteroatoms. The molecule has 2 rings (SSSR count). The van der Waals surface area contributed by atoms with Crippen LogP contribution in [-0.4, -0.2) is 14.4 Å². The fraction of sp³-hybridized carbons (Fsp3) is 0.625. The first-order valence-corrected chi connectivity index (χ1v) is 10.4. The Hall–Kier alpha value is -0.603. The SMILES string of the molecule is CC1CCCCC1O[Si](C)(C)Cc1ccccc1. The van der Waals surface area contributed by atoms with Gasteiger partial charge in [-0.25, -0.2) is 0 Å². The van der Waals surface area contributed by atoms with E-state index in [9.17, 15) is 0 Å². The lowest BCUT2D eigenvalue weighted by Gasteiger charge is -2.35. The Morgan fingerprint density at radius 3 is 2.44 bits per heavy atom. The van der Waals surface area contributed by atoms with E-state index < -0.39 is 8.32 Å². The van der Waals surface area contributed by atoms with Gasteiger partial charge in [-0.3, -0.25) is 0 Å². The lowest BCUT2D eigenvalue weighted by atomic mass is 9.88. The van der Waals surface area contributed by atoms with Gasteiger partial charge in [-0.1, -0.05) is 50.1 Å². The van der Waals surface area contributed by atoms with Gasteiger partial charge >= 0.3 is 0 Å². The first kappa shape index (κ1) is 13.8. The van der Waals surface area contributed by atoms with Crippen molar-refractivity contribution in [2.75, 3.05) is 0 Å². The van der Waals surface area contributed by atoms with E-state index in [0.29, 0.717) is 6.10 Å². The van der Waals surface area contributed by atoms with Crippen LogP contribution in [0.15, 0.2) is 30.3 Å². The van der Waals surface area contributed by atoms with Gasteiger partial charge in [0.15, 0.2) is 8.32 Å². The van der Waals surface area contributed by atoms with Crippen LogP contribution in [0.2, 0.25) is 13.1 Å². The third-order valence-corrected chi connectivity index (χ3v) is 6.18. The lowest BCUT2D eigenvalue weighted by molar-refractivity contribution is 0.0938. The maximum Gasteiger partial charge on any atom is 0.191 e. The molecule has 0 N–H and O–H groups in total. The van der Waals surface area contributed by atoms with Gasteiger partial charge in [0.1, 0.15) is 0 Å². The van der Waals surface area contributed by atoms with E-state index >= 15 is 0 Å². The minimum absolute atomic E-state index is 0.518. The van der Waals surface area contributed by atoms with Crippen LogP contribution in [-0.2, 0) is 10.5 Å². The Bertz CT molecular complexity index is 361. The fourth-order valence-corrected chi connectivity index (χ4v) is 5.47. The van der Waals surface area contributed by atoms with Crippen molar-refractivity contribution in [2.45, 2.75) is 57.8 Å². The van der Waals surface area contributed by atoms with Crippen molar-refractivity contribution >= 4 is 8.32 Å². The molecule has 0 spiro atoms. The van der Waals surface area contributed by atoms with Gasteiger partial charge in [0.05, 0.1) is 0 Å².